The monoisotopic (exact) mass is 613 g/mol. The van der Waals surface area contributed by atoms with Gasteiger partial charge in [0.15, 0.2) is 5.52 Å². The number of rotatable bonds is 11. The Balaban J connectivity index is 1.28. The van der Waals surface area contributed by atoms with Crippen molar-refractivity contribution in [3.63, 3.8) is 0 Å². The molecule has 2 heterocycles. The number of nitrogens with zero attached hydrogens (tertiary/aromatic N) is 5. The van der Waals surface area contributed by atoms with Crippen LogP contribution in [0.4, 0.5) is 11.4 Å². The molecule has 0 radical (unpaired) electrons. The summed E-state index contributed by atoms with van der Waals surface area (Å²) in [5.74, 6) is 0.836. The van der Waals surface area contributed by atoms with E-state index in [-0.39, 0.29) is 26.8 Å². The van der Waals surface area contributed by atoms with Gasteiger partial charge in [-0.25, -0.2) is 4.98 Å². The second kappa shape index (κ2) is 13.0. The molecule has 0 saturated carbocycles. The molecule has 0 atom stereocenters. The van der Waals surface area contributed by atoms with Gasteiger partial charge in [0.25, 0.3) is 16.9 Å². The molecule has 0 fully saturated rings. The number of unbranched alkanes of at least 4 members (excludes halogenated alkanes) is 1. The average molecular weight is 614 g/mol. The number of pyridine rings is 1. The zero-order valence-corrected chi connectivity index (χ0v) is 25.2. The number of para-hydroxylation sites is 2. The van der Waals surface area contributed by atoms with Crippen molar-refractivity contribution in [3.05, 3.63) is 157 Å². The number of imidazole rings is 1. The maximum Gasteiger partial charge on any atom is 0.278 e. The molecule has 0 N–H and O–H groups in total. The minimum Gasteiger partial charge on any atom is -0.323 e. The van der Waals surface area contributed by atoms with E-state index in [1.807, 2.05) is 54.6 Å². The number of hydrogen-bond donors (Lipinski definition) is 0. The molecule has 46 heavy (non-hydrogen) atoms. The average Bonchev–Trinajstić information content (AvgIpc) is 3.43. The number of aryl methyl sites for hydroxylation is 1. The van der Waals surface area contributed by atoms with Gasteiger partial charge in [0.2, 0.25) is 0 Å². The summed E-state index contributed by atoms with van der Waals surface area (Å²) >= 11 is 0. The maximum atomic E-state index is 13.7. The van der Waals surface area contributed by atoms with E-state index in [1.54, 1.807) is 47.2 Å². The number of nitro benzene ring substituents is 2. The molecule has 6 rings (SSSR count). The third-order valence-corrected chi connectivity index (χ3v) is 8.14. The van der Waals surface area contributed by atoms with Crippen LogP contribution in [0.2, 0.25) is 0 Å². The summed E-state index contributed by atoms with van der Waals surface area (Å²) in [5, 5.41) is 23.0. The van der Waals surface area contributed by atoms with Crippen LogP contribution in [0.3, 0.4) is 0 Å². The molecule has 0 saturated heterocycles. The van der Waals surface area contributed by atoms with Crippen molar-refractivity contribution in [2.75, 3.05) is 0 Å². The molecule has 2 aromatic heterocycles. The SMILES string of the molecule is CCCCc1nc2c(=O)n(Cc3ccc(-c4ccccc4[N+](=O)[O-])cc3)ccc2n1Cc1ccc(-c2ccccc2[N+](=O)[O-])cc1. The highest BCUT2D eigenvalue weighted by atomic mass is 16.6. The Kier molecular flexibility index (Phi) is 8.51. The van der Waals surface area contributed by atoms with Gasteiger partial charge in [0.1, 0.15) is 5.82 Å². The first-order chi connectivity index (χ1) is 22.3. The van der Waals surface area contributed by atoms with Crippen LogP contribution in [0.1, 0.15) is 36.7 Å². The molecule has 4 aromatic carbocycles. The lowest BCUT2D eigenvalue weighted by Crippen LogP contribution is -2.20. The van der Waals surface area contributed by atoms with Crippen molar-refractivity contribution in [2.24, 2.45) is 0 Å². The lowest BCUT2D eigenvalue weighted by Gasteiger charge is -2.11. The first-order valence-electron chi connectivity index (χ1n) is 15.1. The standard InChI is InChI=1S/C36H31N5O5/c1-2-3-12-34-37-35-33(39(34)24-26-15-19-28(20-16-26)30-9-5-7-11-32(30)41(45)46)21-22-38(36(35)42)23-25-13-17-27(18-14-25)29-8-4-6-10-31(29)40(43)44/h4-11,13-22H,2-3,12,23-24H2,1H3. The Labute approximate surface area is 264 Å². The summed E-state index contributed by atoms with van der Waals surface area (Å²) in [6.07, 6.45) is 4.42. The molecule has 10 nitrogen and oxygen atoms in total. The Morgan fingerprint density at radius 2 is 1.22 bits per heavy atom. The van der Waals surface area contributed by atoms with Crippen LogP contribution < -0.4 is 5.56 Å². The highest BCUT2D eigenvalue weighted by Crippen LogP contribution is 2.31. The minimum absolute atomic E-state index is 0.0440. The van der Waals surface area contributed by atoms with Crippen molar-refractivity contribution >= 4 is 22.4 Å². The maximum absolute atomic E-state index is 13.7. The second-order valence-corrected chi connectivity index (χ2v) is 11.1. The van der Waals surface area contributed by atoms with Gasteiger partial charge in [0, 0.05) is 31.3 Å². The molecule has 0 amide bonds. The summed E-state index contributed by atoms with van der Waals surface area (Å²) in [4.78, 5) is 40.7. The van der Waals surface area contributed by atoms with Gasteiger partial charge in [-0.3, -0.25) is 25.0 Å². The van der Waals surface area contributed by atoms with Crippen molar-refractivity contribution < 1.29 is 9.85 Å². The summed E-state index contributed by atoms with van der Waals surface area (Å²) in [5.41, 5.74) is 5.53. The molecule has 230 valence electrons. The summed E-state index contributed by atoms with van der Waals surface area (Å²) in [6.45, 7) is 2.95. The Morgan fingerprint density at radius 3 is 1.74 bits per heavy atom. The van der Waals surface area contributed by atoms with Gasteiger partial charge in [-0.1, -0.05) is 86.1 Å². The van der Waals surface area contributed by atoms with E-state index in [9.17, 15) is 25.0 Å². The molecule has 10 heteroatoms. The number of nitro groups is 2. The lowest BCUT2D eigenvalue weighted by molar-refractivity contribution is -0.384. The van der Waals surface area contributed by atoms with E-state index in [1.165, 1.54) is 12.1 Å². The van der Waals surface area contributed by atoms with E-state index in [4.69, 9.17) is 4.98 Å². The van der Waals surface area contributed by atoms with Crippen molar-refractivity contribution in [1.82, 2.24) is 14.1 Å². The van der Waals surface area contributed by atoms with Crippen LogP contribution in [0, 0.1) is 20.2 Å². The van der Waals surface area contributed by atoms with Crippen molar-refractivity contribution in [1.29, 1.82) is 0 Å². The predicted octanol–water partition coefficient (Wildman–Crippen LogP) is 7.79. The Hall–Kier alpha value is -5.90. The van der Waals surface area contributed by atoms with E-state index in [0.29, 0.717) is 29.7 Å². The van der Waals surface area contributed by atoms with E-state index < -0.39 is 0 Å². The highest BCUT2D eigenvalue weighted by molar-refractivity contribution is 5.76. The molecule has 0 aliphatic carbocycles. The zero-order valence-electron chi connectivity index (χ0n) is 25.2. The molecule has 0 unspecified atom stereocenters. The summed E-state index contributed by atoms with van der Waals surface area (Å²) < 4.78 is 3.71. The lowest BCUT2D eigenvalue weighted by atomic mass is 10.0. The molecule has 0 bridgehead atoms. The number of fused-ring (bicyclic) bond motifs is 1. The molecule has 0 spiro atoms. The smallest absolute Gasteiger partial charge is 0.278 e. The van der Waals surface area contributed by atoms with Gasteiger partial charge < -0.3 is 9.13 Å². The van der Waals surface area contributed by atoms with Crippen molar-refractivity contribution in [2.45, 2.75) is 39.3 Å². The third kappa shape index (κ3) is 6.05. The predicted molar refractivity (Wildman–Crippen MR) is 178 cm³/mol. The summed E-state index contributed by atoms with van der Waals surface area (Å²) in [7, 11) is 0. The first kappa shape index (κ1) is 30.1. The number of benzene rings is 4. The van der Waals surface area contributed by atoms with Gasteiger partial charge >= 0.3 is 0 Å². The first-order valence-corrected chi connectivity index (χ1v) is 15.1. The topological polar surface area (TPSA) is 126 Å². The largest absolute Gasteiger partial charge is 0.323 e. The molecule has 0 aliphatic heterocycles. The van der Waals surface area contributed by atoms with Crippen LogP contribution in [0.15, 0.2) is 114 Å². The van der Waals surface area contributed by atoms with E-state index in [2.05, 4.69) is 11.5 Å². The second-order valence-electron chi connectivity index (χ2n) is 11.1. The molecule has 6 aromatic rings. The van der Waals surface area contributed by atoms with Gasteiger partial charge in [0.05, 0.1) is 33.0 Å². The molecular formula is C36H31N5O5. The van der Waals surface area contributed by atoms with E-state index in [0.717, 1.165) is 52.9 Å². The quantitative estimate of drug-likeness (QED) is 0.108. The fraction of sp³-hybridized carbons (Fsp3) is 0.167. The fourth-order valence-electron chi connectivity index (χ4n) is 5.74. The summed E-state index contributed by atoms with van der Waals surface area (Å²) in [6, 6.07) is 30.3. The third-order valence-electron chi connectivity index (χ3n) is 8.14. The molecular weight excluding hydrogens is 582 g/mol. The normalized spacial score (nSPS) is 11.2. The fourth-order valence-corrected chi connectivity index (χ4v) is 5.74. The van der Waals surface area contributed by atoms with Crippen molar-refractivity contribution in [3.8, 4) is 22.3 Å². The highest BCUT2D eigenvalue weighted by Gasteiger charge is 2.18. The van der Waals surface area contributed by atoms with Gasteiger partial charge in [-0.2, -0.15) is 0 Å². The minimum atomic E-state index is -0.389. The van der Waals surface area contributed by atoms with Crippen LogP contribution >= 0.6 is 0 Å². The Morgan fingerprint density at radius 1 is 0.696 bits per heavy atom. The van der Waals surface area contributed by atoms with Crippen LogP contribution in [-0.2, 0) is 19.5 Å². The van der Waals surface area contributed by atoms with Crippen LogP contribution in [-0.4, -0.2) is 24.0 Å². The molecule has 0 aliphatic rings. The van der Waals surface area contributed by atoms with E-state index >= 15 is 0 Å². The zero-order chi connectivity index (χ0) is 32.2. The Bertz CT molecular complexity index is 2110. The van der Waals surface area contributed by atoms with Crippen LogP contribution in [0.25, 0.3) is 33.3 Å². The van der Waals surface area contributed by atoms with Crippen LogP contribution in [0.5, 0.6) is 0 Å². The number of hydrogen-bond acceptors (Lipinski definition) is 6. The van der Waals surface area contributed by atoms with Gasteiger partial charge in [-0.15, -0.1) is 0 Å². The van der Waals surface area contributed by atoms with Gasteiger partial charge in [-0.05, 0) is 46.9 Å². The number of aromatic nitrogens is 3.